The molecule has 0 atom stereocenters. The largest absolute Gasteiger partial charge is 0.508 e. The maximum absolute atomic E-state index is 9.13. The van der Waals surface area contributed by atoms with Crippen LogP contribution in [0.1, 0.15) is 37.7 Å². The molecule has 0 bridgehead atoms. The standard InChI is InChI=1S/C13H18O2/c14-12-8-6-11(7-9-12)10-15-13-4-2-1-3-5-13/h6-9,13-14H,1-5,10H2. The molecule has 82 valence electrons. The molecule has 1 aromatic carbocycles. The summed E-state index contributed by atoms with van der Waals surface area (Å²) in [6.07, 6.45) is 6.84. The summed E-state index contributed by atoms with van der Waals surface area (Å²) in [7, 11) is 0. The Bertz CT molecular complexity index is 286. The Morgan fingerprint density at radius 1 is 1.07 bits per heavy atom. The van der Waals surface area contributed by atoms with Crippen LogP contribution in [-0.2, 0) is 11.3 Å². The molecule has 2 rings (SSSR count). The van der Waals surface area contributed by atoms with E-state index in [0.717, 1.165) is 5.56 Å². The van der Waals surface area contributed by atoms with Gasteiger partial charge in [-0.25, -0.2) is 0 Å². The van der Waals surface area contributed by atoms with E-state index >= 15 is 0 Å². The maximum atomic E-state index is 9.13. The van der Waals surface area contributed by atoms with E-state index in [-0.39, 0.29) is 0 Å². The van der Waals surface area contributed by atoms with Gasteiger partial charge in [0.05, 0.1) is 12.7 Å². The fourth-order valence-electron chi connectivity index (χ4n) is 2.04. The van der Waals surface area contributed by atoms with E-state index in [9.17, 15) is 0 Å². The summed E-state index contributed by atoms with van der Waals surface area (Å²) in [5.41, 5.74) is 1.14. The monoisotopic (exact) mass is 206 g/mol. The van der Waals surface area contributed by atoms with E-state index in [0.29, 0.717) is 18.5 Å². The second-order valence-corrected chi connectivity index (χ2v) is 4.24. The predicted molar refractivity (Wildman–Crippen MR) is 59.8 cm³/mol. The highest BCUT2D eigenvalue weighted by Gasteiger charge is 2.13. The second kappa shape index (κ2) is 5.17. The third-order valence-electron chi connectivity index (χ3n) is 2.97. The summed E-state index contributed by atoms with van der Waals surface area (Å²) in [6.45, 7) is 0.672. The van der Waals surface area contributed by atoms with Gasteiger partial charge < -0.3 is 9.84 Å². The zero-order chi connectivity index (χ0) is 10.5. The van der Waals surface area contributed by atoms with Gasteiger partial charge in [0, 0.05) is 0 Å². The Balaban J connectivity index is 1.79. The zero-order valence-corrected chi connectivity index (χ0v) is 8.98. The summed E-state index contributed by atoms with van der Waals surface area (Å²) >= 11 is 0. The molecule has 0 amide bonds. The molecule has 2 heteroatoms. The average Bonchev–Trinajstić information content (AvgIpc) is 2.30. The highest BCUT2D eigenvalue weighted by atomic mass is 16.5. The Labute approximate surface area is 90.9 Å². The first kappa shape index (κ1) is 10.5. The minimum absolute atomic E-state index is 0.316. The molecule has 15 heavy (non-hydrogen) atoms. The summed E-state index contributed by atoms with van der Waals surface area (Å²) in [5.74, 6) is 0.316. The minimum Gasteiger partial charge on any atom is -0.508 e. The van der Waals surface area contributed by atoms with Gasteiger partial charge >= 0.3 is 0 Å². The summed E-state index contributed by atoms with van der Waals surface area (Å²) in [5, 5.41) is 9.13. The van der Waals surface area contributed by atoms with Gasteiger partial charge in [-0.2, -0.15) is 0 Å². The van der Waals surface area contributed by atoms with Crippen LogP contribution in [0.4, 0.5) is 0 Å². The van der Waals surface area contributed by atoms with Crippen molar-refractivity contribution in [1.82, 2.24) is 0 Å². The molecule has 0 spiro atoms. The van der Waals surface area contributed by atoms with Gasteiger partial charge in [-0.1, -0.05) is 31.4 Å². The van der Waals surface area contributed by atoms with Gasteiger partial charge in [-0.15, -0.1) is 0 Å². The van der Waals surface area contributed by atoms with E-state index in [1.807, 2.05) is 12.1 Å². The molecule has 0 heterocycles. The van der Waals surface area contributed by atoms with E-state index in [1.165, 1.54) is 32.1 Å². The lowest BCUT2D eigenvalue weighted by molar-refractivity contribution is 0.0168. The van der Waals surface area contributed by atoms with E-state index in [1.54, 1.807) is 12.1 Å². The van der Waals surface area contributed by atoms with Crippen LogP contribution in [0, 0.1) is 0 Å². The first-order chi connectivity index (χ1) is 7.34. The number of ether oxygens (including phenoxy) is 1. The lowest BCUT2D eigenvalue weighted by atomic mass is 9.98. The molecule has 1 N–H and O–H groups in total. The number of benzene rings is 1. The van der Waals surface area contributed by atoms with Crippen molar-refractivity contribution in [3.8, 4) is 5.75 Å². The highest BCUT2D eigenvalue weighted by Crippen LogP contribution is 2.21. The van der Waals surface area contributed by atoms with Gasteiger partial charge in [0.1, 0.15) is 5.75 Å². The van der Waals surface area contributed by atoms with Crippen LogP contribution in [0.25, 0.3) is 0 Å². The van der Waals surface area contributed by atoms with Gasteiger partial charge in [-0.3, -0.25) is 0 Å². The van der Waals surface area contributed by atoms with Crippen molar-refractivity contribution in [2.75, 3.05) is 0 Å². The number of hydrogen-bond donors (Lipinski definition) is 1. The van der Waals surface area contributed by atoms with Crippen LogP contribution in [0.5, 0.6) is 5.75 Å². The Kier molecular flexibility index (Phi) is 3.62. The van der Waals surface area contributed by atoms with Gasteiger partial charge in [-0.05, 0) is 30.5 Å². The summed E-state index contributed by atoms with van der Waals surface area (Å²) in [4.78, 5) is 0. The first-order valence-corrected chi connectivity index (χ1v) is 5.74. The average molecular weight is 206 g/mol. The second-order valence-electron chi connectivity index (χ2n) is 4.24. The molecular formula is C13H18O2. The normalized spacial score (nSPS) is 17.9. The van der Waals surface area contributed by atoms with Crippen LogP contribution in [0.15, 0.2) is 24.3 Å². The minimum atomic E-state index is 0.316. The fraction of sp³-hybridized carbons (Fsp3) is 0.538. The van der Waals surface area contributed by atoms with Crippen molar-refractivity contribution in [1.29, 1.82) is 0 Å². The molecule has 1 saturated carbocycles. The summed E-state index contributed by atoms with van der Waals surface area (Å²) in [6, 6.07) is 7.25. The van der Waals surface area contributed by atoms with Crippen LogP contribution >= 0.6 is 0 Å². The number of rotatable bonds is 3. The molecule has 1 fully saturated rings. The first-order valence-electron chi connectivity index (χ1n) is 5.74. The molecule has 1 aliphatic carbocycles. The molecule has 2 nitrogen and oxygen atoms in total. The molecule has 1 aromatic rings. The lowest BCUT2D eigenvalue weighted by Crippen LogP contribution is -2.16. The highest BCUT2D eigenvalue weighted by molar-refractivity contribution is 5.25. The van der Waals surface area contributed by atoms with Crippen LogP contribution in [-0.4, -0.2) is 11.2 Å². The quantitative estimate of drug-likeness (QED) is 0.822. The van der Waals surface area contributed by atoms with Crippen LogP contribution < -0.4 is 0 Å². The Morgan fingerprint density at radius 2 is 1.73 bits per heavy atom. The van der Waals surface area contributed by atoms with Crippen molar-refractivity contribution in [2.24, 2.45) is 0 Å². The van der Waals surface area contributed by atoms with E-state index < -0.39 is 0 Å². The number of phenolic OH excluding ortho intramolecular Hbond substituents is 1. The molecule has 0 unspecified atom stereocenters. The molecule has 0 aliphatic heterocycles. The van der Waals surface area contributed by atoms with Crippen molar-refractivity contribution in [2.45, 2.75) is 44.8 Å². The van der Waals surface area contributed by atoms with E-state index in [2.05, 4.69) is 0 Å². The van der Waals surface area contributed by atoms with Crippen molar-refractivity contribution >= 4 is 0 Å². The number of hydrogen-bond acceptors (Lipinski definition) is 2. The molecule has 0 saturated heterocycles. The zero-order valence-electron chi connectivity index (χ0n) is 8.98. The third-order valence-corrected chi connectivity index (χ3v) is 2.97. The molecule has 0 aromatic heterocycles. The topological polar surface area (TPSA) is 29.5 Å². The SMILES string of the molecule is Oc1ccc(COC2CCCCC2)cc1. The fourth-order valence-corrected chi connectivity index (χ4v) is 2.04. The van der Waals surface area contributed by atoms with Gasteiger partial charge in [0.2, 0.25) is 0 Å². The predicted octanol–water partition coefficient (Wildman–Crippen LogP) is 3.24. The van der Waals surface area contributed by atoms with E-state index in [4.69, 9.17) is 9.84 Å². The Hall–Kier alpha value is -1.02. The molecular weight excluding hydrogens is 188 g/mol. The van der Waals surface area contributed by atoms with Crippen molar-refractivity contribution < 1.29 is 9.84 Å². The van der Waals surface area contributed by atoms with Crippen LogP contribution in [0.2, 0.25) is 0 Å². The lowest BCUT2D eigenvalue weighted by Gasteiger charge is -2.21. The smallest absolute Gasteiger partial charge is 0.115 e. The molecule has 0 radical (unpaired) electrons. The third kappa shape index (κ3) is 3.24. The van der Waals surface area contributed by atoms with Crippen LogP contribution in [0.3, 0.4) is 0 Å². The summed E-state index contributed by atoms with van der Waals surface area (Å²) < 4.78 is 5.83. The number of aromatic hydroxyl groups is 1. The molecule has 1 aliphatic rings. The van der Waals surface area contributed by atoms with Crippen molar-refractivity contribution in [3.63, 3.8) is 0 Å². The maximum Gasteiger partial charge on any atom is 0.115 e. The van der Waals surface area contributed by atoms with Gasteiger partial charge in [0.15, 0.2) is 0 Å². The number of phenols is 1. The van der Waals surface area contributed by atoms with Crippen molar-refractivity contribution in [3.05, 3.63) is 29.8 Å². The van der Waals surface area contributed by atoms with Gasteiger partial charge in [0.25, 0.3) is 0 Å². The Morgan fingerprint density at radius 3 is 2.40 bits per heavy atom.